The quantitative estimate of drug-likeness (QED) is 0.639. The Bertz CT molecular complexity index is 231. The molecule has 0 fully saturated rings. The fraction of sp³-hybridized carbons (Fsp3) is 0.625. The van der Waals surface area contributed by atoms with Crippen molar-refractivity contribution in [2.45, 2.75) is 25.7 Å². The number of hydrogen-bond donors (Lipinski definition) is 2. The SMILES string of the molecule is N#CCC(CCCC(=O)O)C(=O)O. The monoisotopic (exact) mass is 185 g/mol. The molecule has 0 aromatic carbocycles. The first-order valence-corrected chi connectivity index (χ1v) is 3.89. The molecule has 0 aromatic rings. The van der Waals surface area contributed by atoms with Crippen LogP contribution in [0.3, 0.4) is 0 Å². The van der Waals surface area contributed by atoms with Crippen LogP contribution < -0.4 is 0 Å². The number of carboxylic acid groups (broad SMARTS) is 2. The first kappa shape index (κ1) is 11.4. The molecule has 0 heterocycles. The van der Waals surface area contributed by atoms with E-state index in [-0.39, 0.29) is 19.3 Å². The molecule has 0 radical (unpaired) electrons. The van der Waals surface area contributed by atoms with Crippen molar-refractivity contribution in [2.24, 2.45) is 5.92 Å². The lowest BCUT2D eigenvalue weighted by Gasteiger charge is -2.05. The number of nitrogens with zero attached hydrogens (tertiary/aromatic N) is 1. The molecule has 1 unspecified atom stereocenters. The number of carboxylic acids is 2. The second-order valence-electron chi connectivity index (χ2n) is 2.68. The van der Waals surface area contributed by atoms with Gasteiger partial charge in [-0.05, 0) is 12.8 Å². The number of rotatable bonds is 6. The van der Waals surface area contributed by atoms with Crippen molar-refractivity contribution in [1.82, 2.24) is 0 Å². The molecule has 5 heteroatoms. The van der Waals surface area contributed by atoms with E-state index in [0.29, 0.717) is 6.42 Å². The molecule has 0 aliphatic carbocycles. The molecule has 0 saturated heterocycles. The molecule has 0 aromatic heterocycles. The largest absolute Gasteiger partial charge is 0.481 e. The van der Waals surface area contributed by atoms with Gasteiger partial charge in [-0.15, -0.1) is 0 Å². The van der Waals surface area contributed by atoms with Gasteiger partial charge in [0.2, 0.25) is 0 Å². The van der Waals surface area contributed by atoms with Crippen LogP contribution in [0.15, 0.2) is 0 Å². The van der Waals surface area contributed by atoms with E-state index in [4.69, 9.17) is 15.5 Å². The first-order chi connectivity index (χ1) is 6.07. The summed E-state index contributed by atoms with van der Waals surface area (Å²) in [7, 11) is 0. The fourth-order valence-electron chi connectivity index (χ4n) is 0.923. The van der Waals surface area contributed by atoms with Crippen LogP contribution in [-0.4, -0.2) is 22.2 Å². The van der Waals surface area contributed by atoms with E-state index in [1.54, 1.807) is 6.07 Å². The number of nitriles is 1. The van der Waals surface area contributed by atoms with Crippen molar-refractivity contribution in [1.29, 1.82) is 5.26 Å². The van der Waals surface area contributed by atoms with Gasteiger partial charge in [-0.2, -0.15) is 5.26 Å². The van der Waals surface area contributed by atoms with Gasteiger partial charge in [-0.25, -0.2) is 0 Å². The molecule has 0 bridgehead atoms. The average molecular weight is 185 g/mol. The minimum absolute atomic E-state index is 0.0464. The second kappa shape index (κ2) is 6.00. The summed E-state index contributed by atoms with van der Waals surface area (Å²) in [5.41, 5.74) is 0. The van der Waals surface area contributed by atoms with Crippen LogP contribution in [0, 0.1) is 17.2 Å². The Labute approximate surface area is 75.6 Å². The van der Waals surface area contributed by atoms with E-state index in [1.807, 2.05) is 0 Å². The molecule has 5 nitrogen and oxygen atoms in total. The second-order valence-corrected chi connectivity index (χ2v) is 2.68. The van der Waals surface area contributed by atoms with Crippen LogP contribution >= 0.6 is 0 Å². The third-order valence-electron chi connectivity index (χ3n) is 1.63. The van der Waals surface area contributed by atoms with Gasteiger partial charge in [0, 0.05) is 12.8 Å². The molecule has 0 aliphatic heterocycles. The summed E-state index contributed by atoms with van der Waals surface area (Å²) < 4.78 is 0. The summed E-state index contributed by atoms with van der Waals surface area (Å²) in [4.78, 5) is 20.6. The minimum atomic E-state index is -1.04. The Morgan fingerprint density at radius 1 is 1.38 bits per heavy atom. The van der Waals surface area contributed by atoms with E-state index >= 15 is 0 Å². The maximum atomic E-state index is 10.5. The first-order valence-electron chi connectivity index (χ1n) is 3.89. The Morgan fingerprint density at radius 2 is 2.00 bits per heavy atom. The van der Waals surface area contributed by atoms with E-state index in [0.717, 1.165) is 0 Å². The zero-order valence-electron chi connectivity index (χ0n) is 7.06. The molecular weight excluding hydrogens is 174 g/mol. The lowest BCUT2D eigenvalue weighted by atomic mass is 9.99. The smallest absolute Gasteiger partial charge is 0.307 e. The molecule has 13 heavy (non-hydrogen) atoms. The third kappa shape index (κ3) is 5.67. The summed E-state index contributed by atoms with van der Waals surface area (Å²) >= 11 is 0. The third-order valence-corrected chi connectivity index (χ3v) is 1.63. The van der Waals surface area contributed by atoms with Gasteiger partial charge in [0.15, 0.2) is 0 Å². The van der Waals surface area contributed by atoms with Gasteiger partial charge in [0.1, 0.15) is 0 Å². The van der Waals surface area contributed by atoms with E-state index < -0.39 is 17.9 Å². The van der Waals surface area contributed by atoms with Crippen molar-refractivity contribution >= 4 is 11.9 Å². The highest BCUT2D eigenvalue weighted by molar-refractivity contribution is 5.70. The fourth-order valence-corrected chi connectivity index (χ4v) is 0.923. The standard InChI is InChI=1S/C8H11NO4/c9-5-4-6(8(12)13)2-1-3-7(10)11/h6H,1-4H2,(H,10,11)(H,12,13). The van der Waals surface area contributed by atoms with Gasteiger partial charge >= 0.3 is 11.9 Å². The van der Waals surface area contributed by atoms with E-state index in [1.165, 1.54) is 0 Å². The Balaban J connectivity index is 3.77. The van der Waals surface area contributed by atoms with E-state index in [2.05, 4.69) is 0 Å². The van der Waals surface area contributed by atoms with Crippen molar-refractivity contribution in [3.63, 3.8) is 0 Å². The Kier molecular flexibility index (Phi) is 5.28. The van der Waals surface area contributed by atoms with Gasteiger partial charge in [0.25, 0.3) is 0 Å². The van der Waals surface area contributed by atoms with Crippen molar-refractivity contribution in [3.05, 3.63) is 0 Å². The van der Waals surface area contributed by atoms with Gasteiger partial charge in [-0.3, -0.25) is 9.59 Å². The van der Waals surface area contributed by atoms with Crippen LogP contribution in [0.1, 0.15) is 25.7 Å². The zero-order valence-corrected chi connectivity index (χ0v) is 7.06. The lowest BCUT2D eigenvalue weighted by molar-refractivity contribution is -0.142. The van der Waals surface area contributed by atoms with Gasteiger partial charge < -0.3 is 10.2 Å². The Morgan fingerprint density at radius 3 is 2.38 bits per heavy atom. The lowest BCUT2D eigenvalue weighted by Crippen LogP contribution is -2.13. The summed E-state index contributed by atoms with van der Waals surface area (Å²) in [5, 5.41) is 25.1. The van der Waals surface area contributed by atoms with Gasteiger partial charge in [0.05, 0.1) is 12.0 Å². The number of aliphatic carboxylic acids is 2. The van der Waals surface area contributed by atoms with Crippen LogP contribution in [0.4, 0.5) is 0 Å². The summed E-state index contributed by atoms with van der Waals surface area (Å²) in [6, 6.07) is 1.76. The molecule has 0 rings (SSSR count). The molecule has 2 N–H and O–H groups in total. The molecular formula is C8H11NO4. The molecule has 72 valence electrons. The van der Waals surface area contributed by atoms with Crippen LogP contribution in [0.5, 0.6) is 0 Å². The van der Waals surface area contributed by atoms with Crippen molar-refractivity contribution < 1.29 is 19.8 Å². The predicted molar refractivity (Wildman–Crippen MR) is 42.8 cm³/mol. The maximum absolute atomic E-state index is 10.5. The average Bonchev–Trinajstić information content (AvgIpc) is 2.02. The maximum Gasteiger partial charge on any atom is 0.307 e. The highest BCUT2D eigenvalue weighted by Crippen LogP contribution is 2.12. The molecule has 0 saturated carbocycles. The Hall–Kier alpha value is -1.57. The van der Waals surface area contributed by atoms with E-state index in [9.17, 15) is 9.59 Å². The van der Waals surface area contributed by atoms with Crippen molar-refractivity contribution in [2.75, 3.05) is 0 Å². The topological polar surface area (TPSA) is 98.4 Å². The molecule has 1 atom stereocenters. The summed E-state index contributed by atoms with van der Waals surface area (Å²) in [5.74, 6) is -2.71. The minimum Gasteiger partial charge on any atom is -0.481 e. The zero-order chi connectivity index (χ0) is 10.3. The summed E-state index contributed by atoms with van der Waals surface area (Å²) in [6.45, 7) is 0. The highest BCUT2D eigenvalue weighted by atomic mass is 16.4. The van der Waals surface area contributed by atoms with Crippen LogP contribution in [-0.2, 0) is 9.59 Å². The summed E-state index contributed by atoms with van der Waals surface area (Å²) in [6.07, 6.45) is 0.438. The number of hydrogen-bond acceptors (Lipinski definition) is 3. The predicted octanol–water partition coefficient (Wildman–Crippen LogP) is 0.856. The molecule has 0 spiro atoms. The molecule has 0 amide bonds. The van der Waals surface area contributed by atoms with Gasteiger partial charge in [-0.1, -0.05) is 0 Å². The highest BCUT2D eigenvalue weighted by Gasteiger charge is 2.16. The van der Waals surface area contributed by atoms with Crippen LogP contribution in [0.2, 0.25) is 0 Å². The van der Waals surface area contributed by atoms with Crippen molar-refractivity contribution in [3.8, 4) is 6.07 Å². The molecule has 0 aliphatic rings. The number of carbonyl (C=O) groups is 2. The normalized spacial score (nSPS) is 11.6. The van der Waals surface area contributed by atoms with Crippen LogP contribution in [0.25, 0.3) is 0 Å².